The molecule has 4 amide bonds. The number of carbonyl (C=O) groups excluding carboxylic acids is 5. The Hall–Kier alpha value is -2.71. The standard InChI is InChI=1S/C14H19N3O6/c1-9(2)14(22)16-8-7-15-10(18)3-6-13(21)23-17-11(19)4-5-12(17)20/h4-5,9H,3,6-8H2,1-2H3,(H,15,18)(H,16,22). The smallest absolute Gasteiger partial charge is 0.333 e. The van der Waals surface area contributed by atoms with Gasteiger partial charge >= 0.3 is 5.97 Å². The van der Waals surface area contributed by atoms with Crippen molar-refractivity contribution in [2.75, 3.05) is 13.1 Å². The monoisotopic (exact) mass is 325 g/mol. The van der Waals surface area contributed by atoms with Crippen molar-refractivity contribution >= 4 is 29.6 Å². The Morgan fingerprint density at radius 2 is 1.61 bits per heavy atom. The highest BCUT2D eigenvalue weighted by atomic mass is 16.7. The summed E-state index contributed by atoms with van der Waals surface area (Å²) in [6.07, 6.45) is 1.53. The summed E-state index contributed by atoms with van der Waals surface area (Å²) in [5.74, 6) is -3.00. The van der Waals surface area contributed by atoms with Gasteiger partial charge in [0.15, 0.2) is 0 Å². The summed E-state index contributed by atoms with van der Waals surface area (Å²) >= 11 is 0. The molecule has 0 unspecified atom stereocenters. The average molecular weight is 325 g/mol. The molecule has 0 spiro atoms. The molecule has 0 radical (unpaired) electrons. The SMILES string of the molecule is CC(C)C(=O)NCCNC(=O)CCC(=O)ON1C(=O)C=CC1=O. The Kier molecular flexibility index (Phi) is 6.91. The van der Waals surface area contributed by atoms with Gasteiger partial charge in [-0.05, 0) is 0 Å². The van der Waals surface area contributed by atoms with Gasteiger partial charge in [0.25, 0.3) is 11.8 Å². The number of amides is 4. The second-order valence-electron chi connectivity index (χ2n) is 5.06. The number of rotatable bonds is 8. The molecule has 0 atom stereocenters. The van der Waals surface area contributed by atoms with E-state index in [1.165, 1.54) is 0 Å². The second kappa shape index (κ2) is 8.66. The van der Waals surface area contributed by atoms with E-state index < -0.39 is 23.7 Å². The second-order valence-corrected chi connectivity index (χ2v) is 5.06. The minimum atomic E-state index is -0.862. The number of nitrogens with one attached hydrogen (secondary N) is 2. The number of hydroxylamine groups is 2. The van der Waals surface area contributed by atoms with E-state index in [2.05, 4.69) is 15.5 Å². The van der Waals surface area contributed by atoms with Crippen LogP contribution < -0.4 is 10.6 Å². The molecular formula is C14H19N3O6. The Labute approximate surface area is 133 Å². The molecule has 126 valence electrons. The predicted octanol–water partition coefficient (Wildman–Crippen LogP) is -0.962. The van der Waals surface area contributed by atoms with E-state index in [0.717, 1.165) is 12.2 Å². The zero-order chi connectivity index (χ0) is 17.4. The Morgan fingerprint density at radius 1 is 1.04 bits per heavy atom. The van der Waals surface area contributed by atoms with Crippen LogP contribution in [0.4, 0.5) is 0 Å². The summed E-state index contributed by atoms with van der Waals surface area (Å²) < 4.78 is 0. The molecule has 1 aliphatic rings. The van der Waals surface area contributed by atoms with Crippen LogP contribution in [0.25, 0.3) is 0 Å². The number of hydrogen-bond donors (Lipinski definition) is 2. The van der Waals surface area contributed by atoms with Gasteiger partial charge in [0.2, 0.25) is 11.8 Å². The molecule has 1 rings (SSSR count). The fraction of sp³-hybridized carbons (Fsp3) is 0.500. The zero-order valence-electron chi connectivity index (χ0n) is 13.0. The third-order valence-electron chi connectivity index (χ3n) is 2.79. The molecular weight excluding hydrogens is 306 g/mol. The summed E-state index contributed by atoms with van der Waals surface area (Å²) in [6.45, 7) is 4.03. The molecule has 9 nitrogen and oxygen atoms in total. The molecule has 0 aromatic heterocycles. The highest BCUT2D eigenvalue weighted by Gasteiger charge is 2.27. The van der Waals surface area contributed by atoms with Crippen LogP contribution in [0.15, 0.2) is 12.2 Å². The molecule has 2 N–H and O–H groups in total. The van der Waals surface area contributed by atoms with E-state index in [9.17, 15) is 24.0 Å². The van der Waals surface area contributed by atoms with Gasteiger partial charge in [-0.3, -0.25) is 19.2 Å². The quantitative estimate of drug-likeness (QED) is 0.438. The summed E-state index contributed by atoms with van der Waals surface area (Å²) in [7, 11) is 0. The van der Waals surface area contributed by atoms with Gasteiger partial charge in [0, 0.05) is 37.6 Å². The minimum Gasteiger partial charge on any atom is -0.354 e. The lowest BCUT2D eigenvalue weighted by molar-refractivity contribution is -0.196. The first-order valence-electron chi connectivity index (χ1n) is 7.12. The maximum absolute atomic E-state index is 11.5. The van der Waals surface area contributed by atoms with E-state index in [-0.39, 0.29) is 37.8 Å². The molecule has 0 aromatic rings. The molecule has 1 heterocycles. The fourth-order valence-corrected chi connectivity index (χ4v) is 1.52. The molecule has 0 aromatic carbocycles. The summed E-state index contributed by atoms with van der Waals surface area (Å²) in [5, 5.41) is 5.48. The van der Waals surface area contributed by atoms with E-state index in [0.29, 0.717) is 5.06 Å². The minimum absolute atomic E-state index is 0.114. The lowest BCUT2D eigenvalue weighted by atomic mass is 10.2. The lowest BCUT2D eigenvalue weighted by Gasteiger charge is -2.12. The molecule has 0 saturated heterocycles. The molecule has 23 heavy (non-hydrogen) atoms. The number of carbonyl (C=O) groups is 5. The molecule has 9 heteroatoms. The Bertz CT molecular complexity index is 523. The summed E-state index contributed by atoms with van der Waals surface area (Å²) in [4.78, 5) is 61.1. The largest absolute Gasteiger partial charge is 0.354 e. The van der Waals surface area contributed by atoms with Crippen molar-refractivity contribution in [1.29, 1.82) is 0 Å². The topological polar surface area (TPSA) is 122 Å². The Morgan fingerprint density at radius 3 is 2.17 bits per heavy atom. The first-order chi connectivity index (χ1) is 10.8. The third-order valence-corrected chi connectivity index (χ3v) is 2.79. The highest BCUT2D eigenvalue weighted by Crippen LogP contribution is 2.06. The number of imide groups is 1. The van der Waals surface area contributed by atoms with E-state index in [4.69, 9.17) is 0 Å². The summed E-state index contributed by atoms with van der Waals surface area (Å²) in [5.41, 5.74) is 0. The molecule has 0 aliphatic carbocycles. The third kappa shape index (κ3) is 6.29. The average Bonchev–Trinajstić information content (AvgIpc) is 2.81. The van der Waals surface area contributed by atoms with Crippen molar-refractivity contribution in [3.63, 3.8) is 0 Å². The van der Waals surface area contributed by atoms with Crippen molar-refractivity contribution in [2.45, 2.75) is 26.7 Å². The van der Waals surface area contributed by atoms with Crippen LogP contribution in [0.2, 0.25) is 0 Å². The first-order valence-corrected chi connectivity index (χ1v) is 7.12. The maximum atomic E-state index is 11.5. The lowest BCUT2D eigenvalue weighted by Crippen LogP contribution is -2.36. The van der Waals surface area contributed by atoms with Crippen LogP contribution in [0.3, 0.4) is 0 Å². The van der Waals surface area contributed by atoms with Crippen LogP contribution in [-0.4, -0.2) is 47.8 Å². The number of hydrogen-bond acceptors (Lipinski definition) is 6. The summed E-state index contributed by atoms with van der Waals surface area (Å²) in [6, 6.07) is 0. The number of nitrogens with zero attached hydrogens (tertiary/aromatic N) is 1. The van der Waals surface area contributed by atoms with Gasteiger partial charge in [0.05, 0.1) is 6.42 Å². The van der Waals surface area contributed by atoms with E-state index >= 15 is 0 Å². The van der Waals surface area contributed by atoms with Crippen molar-refractivity contribution < 1.29 is 28.8 Å². The van der Waals surface area contributed by atoms with E-state index in [1.54, 1.807) is 13.8 Å². The van der Waals surface area contributed by atoms with Crippen molar-refractivity contribution in [1.82, 2.24) is 15.7 Å². The van der Waals surface area contributed by atoms with Crippen molar-refractivity contribution in [3.8, 4) is 0 Å². The van der Waals surface area contributed by atoms with E-state index in [1.807, 2.05) is 0 Å². The Balaban J connectivity index is 2.16. The van der Waals surface area contributed by atoms with Crippen molar-refractivity contribution in [3.05, 3.63) is 12.2 Å². The fourth-order valence-electron chi connectivity index (χ4n) is 1.52. The maximum Gasteiger partial charge on any atom is 0.333 e. The van der Waals surface area contributed by atoms with Gasteiger partial charge in [-0.25, -0.2) is 4.79 Å². The van der Waals surface area contributed by atoms with Gasteiger partial charge in [-0.2, -0.15) is 0 Å². The van der Waals surface area contributed by atoms with Crippen LogP contribution in [-0.2, 0) is 28.8 Å². The van der Waals surface area contributed by atoms with Gasteiger partial charge in [-0.15, -0.1) is 0 Å². The zero-order valence-corrected chi connectivity index (χ0v) is 13.0. The van der Waals surface area contributed by atoms with Gasteiger partial charge in [0.1, 0.15) is 0 Å². The molecule has 1 aliphatic heterocycles. The van der Waals surface area contributed by atoms with Crippen LogP contribution in [0.1, 0.15) is 26.7 Å². The van der Waals surface area contributed by atoms with Gasteiger partial charge in [-0.1, -0.05) is 18.9 Å². The highest BCUT2D eigenvalue weighted by molar-refractivity contribution is 6.12. The first kappa shape index (κ1) is 18.3. The van der Waals surface area contributed by atoms with Gasteiger partial charge < -0.3 is 15.5 Å². The van der Waals surface area contributed by atoms with Crippen LogP contribution in [0, 0.1) is 5.92 Å². The van der Waals surface area contributed by atoms with Crippen molar-refractivity contribution in [2.24, 2.45) is 5.92 Å². The predicted molar refractivity (Wildman–Crippen MR) is 77.2 cm³/mol. The normalized spacial score (nSPS) is 13.4. The molecule has 0 saturated carbocycles. The van der Waals surface area contributed by atoms with Crippen LogP contribution >= 0.6 is 0 Å². The molecule has 0 bridgehead atoms. The molecule has 0 fully saturated rings. The van der Waals surface area contributed by atoms with Crippen LogP contribution in [0.5, 0.6) is 0 Å².